The molecule has 0 saturated heterocycles. The third-order valence-corrected chi connectivity index (χ3v) is 1.95. The van der Waals surface area contributed by atoms with Gasteiger partial charge in [0.15, 0.2) is 0 Å². The summed E-state index contributed by atoms with van der Waals surface area (Å²) >= 11 is 0. The Kier molecular flexibility index (Phi) is 7.83. The van der Waals surface area contributed by atoms with E-state index in [1.165, 1.54) is 5.56 Å². The average molecular weight is 225 g/mol. The van der Waals surface area contributed by atoms with Crippen LogP contribution < -0.4 is 17.2 Å². The van der Waals surface area contributed by atoms with Gasteiger partial charge in [-0.25, -0.2) is 4.79 Å². The number of hydrogen-bond acceptors (Lipinski definition) is 3. The number of amides is 1. The zero-order chi connectivity index (χ0) is 12.4. The molecular weight excluding hydrogens is 206 g/mol. The zero-order valence-electron chi connectivity index (χ0n) is 9.17. The first-order valence-corrected chi connectivity index (χ1v) is 5.04. The molecule has 0 heterocycles. The van der Waals surface area contributed by atoms with E-state index >= 15 is 0 Å². The molecule has 1 aromatic rings. The highest BCUT2D eigenvalue weighted by Gasteiger charge is 1.98. The van der Waals surface area contributed by atoms with Crippen molar-refractivity contribution >= 4 is 6.09 Å². The van der Waals surface area contributed by atoms with Gasteiger partial charge in [0, 0.05) is 12.6 Å². The van der Waals surface area contributed by atoms with Crippen molar-refractivity contribution in [1.82, 2.24) is 0 Å². The van der Waals surface area contributed by atoms with E-state index in [9.17, 15) is 0 Å². The lowest BCUT2D eigenvalue weighted by atomic mass is 10.1. The van der Waals surface area contributed by atoms with E-state index < -0.39 is 6.09 Å². The van der Waals surface area contributed by atoms with Crippen LogP contribution in [-0.4, -0.2) is 23.8 Å². The number of aryl methyl sites for hydroxylation is 1. The van der Waals surface area contributed by atoms with E-state index in [-0.39, 0.29) is 6.04 Å². The molecule has 0 aromatic heterocycles. The first-order chi connectivity index (χ1) is 7.56. The van der Waals surface area contributed by atoms with Crippen molar-refractivity contribution in [3.05, 3.63) is 35.9 Å². The van der Waals surface area contributed by atoms with Crippen LogP contribution in [0.4, 0.5) is 4.79 Å². The molecule has 5 heteroatoms. The van der Waals surface area contributed by atoms with Gasteiger partial charge in [-0.05, 0) is 18.4 Å². The second-order valence-electron chi connectivity index (χ2n) is 3.36. The number of nitrogens with two attached hydrogens (primary N) is 3. The van der Waals surface area contributed by atoms with Crippen LogP contribution in [0.15, 0.2) is 30.3 Å². The molecule has 5 nitrogen and oxygen atoms in total. The largest absolute Gasteiger partial charge is 0.465 e. The van der Waals surface area contributed by atoms with Crippen LogP contribution in [0.2, 0.25) is 0 Å². The first-order valence-electron chi connectivity index (χ1n) is 5.04. The fourth-order valence-corrected chi connectivity index (χ4v) is 1.11. The number of benzene rings is 1. The third kappa shape index (κ3) is 8.98. The predicted octanol–water partition coefficient (Wildman–Crippen LogP) is 0.528. The summed E-state index contributed by atoms with van der Waals surface area (Å²) in [4.78, 5) is 8.78. The van der Waals surface area contributed by atoms with Crippen LogP contribution >= 0.6 is 0 Å². The lowest BCUT2D eigenvalue weighted by Crippen LogP contribution is -2.29. The van der Waals surface area contributed by atoms with E-state index in [2.05, 4.69) is 17.9 Å². The molecule has 1 aromatic carbocycles. The normalized spacial score (nSPS) is 11.1. The number of rotatable bonds is 4. The summed E-state index contributed by atoms with van der Waals surface area (Å²) in [6, 6.07) is 10.5. The van der Waals surface area contributed by atoms with Crippen molar-refractivity contribution in [1.29, 1.82) is 0 Å². The minimum absolute atomic E-state index is 0.144. The maximum absolute atomic E-state index is 8.78. The van der Waals surface area contributed by atoms with Crippen molar-refractivity contribution in [2.75, 3.05) is 6.54 Å². The lowest BCUT2D eigenvalue weighted by Gasteiger charge is -2.07. The van der Waals surface area contributed by atoms with E-state index in [4.69, 9.17) is 21.4 Å². The molecule has 0 saturated carbocycles. The van der Waals surface area contributed by atoms with Crippen molar-refractivity contribution in [2.45, 2.75) is 18.9 Å². The van der Waals surface area contributed by atoms with Gasteiger partial charge >= 0.3 is 6.09 Å². The Labute approximate surface area is 95.2 Å². The lowest BCUT2D eigenvalue weighted by molar-refractivity contribution is 0.205. The number of carboxylic acid groups (broad SMARTS) is 1. The van der Waals surface area contributed by atoms with Crippen LogP contribution in [-0.2, 0) is 6.42 Å². The van der Waals surface area contributed by atoms with Gasteiger partial charge in [-0.15, -0.1) is 0 Å². The maximum Gasteiger partial charge on any atom is 0.402 e. The van der Waals surface area contributed by atoms with E-state index in [0.29, 0.717) is 6.54 Å². The summed E-state index contributed by atoms with van der Waals surface area (Å²) in [6.45, 7) is 0.576. The molecule has 0 fully saturated rings. The number of carbonyl (C=O) groups is 1. The molecule has 90 valence electrons. The molecule has 1 atom stereocenters. The summed E-state index contributed by atoms with van der Waals surface area (Å²) in [5, 5.41) is 7.19. The van der Waals surface area contributed by atoms with Crippen LogP contribution in [0, 0.1) is 0 Å². The van der Waals surface area contributed by atoms with Gasteiger partial charge in [-0.1, -0.05) is 30.3 Å². The zero-order valence-corrected chi connectivity index (χ0v) is 9.17. The Hall–Kier alpha value is -1.59. The van der Waals surface area contributed by atoms with Crippen molar-refractivity contribution in [3.63, 3.8) is 0 Å². The molecule has 0 radical (unpaired) electrons. The molecule has 1 unspecified atom stereocenters. The van der Waals surface area contributed by atoms with Crippen molar-refractivity contribution < 1.29 is 9.90 Å². The Morgan fingerprint density at radius 1 is 1.31 bits per heavy atom. The highest BCUT2D eigenvalue weighted by molar-refractivity contribution is 5.61. The van der Waals surface area contributed by atoms with Crippen LogP contribution in [0.1, 0.15) is 12.0 Å². The van der Waals surface area contributed by atoms with Gasteiger partial charge in [-0.3, -0.25) is 0 Å². The highest BCUT2D eigenvalue weighted by Crippen LogP contribution is 2.02. The Morgan fingerprint density at radius 3 is 2.25 bits per heavy atom. The maximum atomic E-state index is 8.78. The van der Waals surface area contributed by atoms with Gasteiger partial charge in [0.05, 0.1) is 0 Å². The van der Waals surface area contributed by atoms with Gasteiger partial charge in [0.25, 0.3) is 0 Å². The van der Waals surface area contributed by atoms with Crippen LogP contribution in [0.3, 0.4) is 0 Å². The molecule has 0 spiro atoms. The SMILES string of the molecule is NC(=O)O.NCC(N)CCc1ccccc1. The standard InChI is InChI=1S/C10H16N2.CH3NO2/c11-8-10(12)7-6-9-4-2-1-3-5-9;2-1(3)4/h1-5,10H,6-8,11-12H2;2H2,(H,3,4). The minimum atomic E-state index is -1.33. The Bertz CT molecular complexity index is 287. The first kappa shape index (κ1) is 14.4. The summed E-state index contributed by atoms with van der Waals surface area (Å²) < 4.78 is 0. The topological polar surface area (TPSA) is 115 Å². The Morgan fingerprint density at radius 2 is 1.81 bits per heavy atom. The van der Waals surface area contributed by atoms with Crippen LogP contribution in [0.5, 0.6) is 0 Å². The molecule has 0 aliphatic rings. The molecule has 16 heavy (non-hydrogen) atoms. The second kappa shape index (κ2) is 8.70. The van der Waals surface area contributed by atoms with Crippen molar-refractivity contribution in [3.8, 4) is 0 Å². The molecule has 0 aliphatic carbocycles. The van der Waals surface area contributed by atoms with E-state index in [0.717, 1.165) is 12.8 Å². The smallest absolute Gasteiger partial charge is 0.402 e. The van der Waals surface area contributed by atoms with Crippen LogP contribution in [0.25, 0.3) is 0 Å². The quantitative estimate of drug-likeness (QED) is 0.598. The van der Waals surface area contributed by atoms with E-state index in [1.807, 2.05) is 18.2 Å². The summed E-state index contributed by atoms with van der Waals surface area (Å²) in [5.74, 6) is 0. The highest BCUT2D eigenvalue weighted by atomic mass is 16.4. The molecule has 0 bridgehead atoms. The number of hydrogen-bond donors (Lipinski definition) is 4. The number of primary amides is 1. The molecule has 1 amide bonds. The average Bonchev–Trinajstić information content (AvgIpc) is 2.26. The Balaban J connectivity index is 0.000000487. The summed E-state index contributed by atoms with van der Waals surface area (Å²) in [7, 11) is 0. The van der Waals surface area contributed by atoms with E-state index in [1.54, 1.807) is 0 Å². The fourth-order valence-electron chi connectivity index (χ4n) is 1.11. The minimum Gasteiger partial charge on any atom is -0.465 e. The van der Waals surface area contributed by atoms with Gasteiger partial charge in [0.2, 0.25) is 0 Å². The fraction of sp³-hybridized carbons (Fsp3) is 0.364. The molecule has 7 N–H and O–H groups in total. The summed E-state index contributed by atoms with van der Waals surface area (Å²) in [5.41, 5.74) is 16.5. The molecular formula is C11H19N3O2. The molecule has 0 aliphatic heterocycles. The molecule has 1 rings (SSSR count). The summed E-state index contributed by atoms with van der Waals surface area (Å²) in [6.07, 6.45) is 0.666. The second-order valence-corrected chi connectivity index (χ2v) is 3.36. The van der Waals surface area contributed by atoms with Crippen molar-refractivity contribution in [2.24, 2.45) is 17.2 Å². The van der Waals surface area contributed by atoms with Gasteiger partial charge < -0.3 is 22.3 Å². The monoisotopic (exact) mass is 225 g/mol. The third-order valence-electron chi connectivity index (χ3n) is 1.95. The predicted molar refractivity (Wildman–Crippen MR) is 64.0 cm³/mol. The van der Waals surface area contributed by atoms with Gasteiger partial charge in [0.1, 0.15) is 0 Å². The van der Waals surface area contributed by atoms with Gasteiger partial charge in [-0.2, -0.15) is 0 Å².